The molecular weight excluding hydrogens is 376 g/mol. The fourth-order valence-corrected chi connectivity index (χ4v) is 5.25. The Bertz CT molecular complexity index is 832. The molecule has 3 aromatic rings. The molecule has 25 heavy (non-hydrogen) atoms. The summed E-state index contributed by atoms with van der Waals surface area (Å²) in [6, 6.07) is 10.4. The Labute approximate surface area is 157 Å². The molecule has 0 bridgehead atoms. The van der Waals surface area contributed by atoms with E-state index < -0.39 is 11.9 Å². The fourth-order valence-electron chi connectivity index (χ4n) is 2.33. The number of aliphatic carboxylic acids is 1. The SMILES string of the molecule is O=C(O)CCC(=O)OCCc1cc(-c2cccs2)sc1-c1cccs1. The van der Waals surface area contributed by atoms with Crippen LogP contribution in [0.2, 0.25) is 0 Å². The van der Waals surface area contributed by atoms with Gasteiger partial charge < -0.3 is 9.84 Å². The van der Waals surface area contributed by atoms with Crippen molar-refractivity contribution in [3.8, 4) is 19.5 Å². The van der Waals surface area contributed by atoms with Gasteiger partial charge >= 0.3 is 11.9 Å². The lowest BCUT2D eigenvalue weighted by molar-refractivity contribution is -0.147. The molecule has 0 atom stereocenters. The Balaban J connectivity index is 1.69. The molecule has 130 valence electrons. The van der Waals surface area contributed by atoms with Crippen molar-refractivity contribution >= 4 is 45.9 Å². The maximum atomic E-state index is 11.6. The lowest BCUT2D eigenvalue weighted by Crippen LogP contribution is -2.09. The van der Waals surface area contributed by atoms with Crippen LogP contribution >= 0.6 is 34.0 Å². The number of carboxylic acids is 1. The van der Waals surface area contributed by atoms with Crippen molar-refractivity contribution in [2.75, 3.05) is 6.61 Å². The lowest BCUT2D eigenvalue weighted by atomic mass is 10.1. The molecule has 0 amide bonds. The quantitative estimate of drug-likeness (QED) is 0.538. The van der Waals surface area contributed by atoms with Crippen LogP contribution in [0, 0.1) is 0 Å². The van der Waals surface area contributed by atoms with E-state index in [0.717, 1.165) is 5.56 Å². The largest absolute Gasteiger partial charge is 0.481 e. The summed E-state index contributed by atoms with van der Waals surface area (Å²) in [5.74, 6) is -1.45. The number of carboxylic acid groups (broad SMARTS) is 1. The molecule has 0 aliphatic carbocycles. The van der Waals surface area contributed by atoms with Gasteiger partial charge in [-0.05, 0) is 34.5 Å². The average Bonchev–Trinajstić information content (AvgIpc) is 3.32. The molecule has 3 heterocycles. The van der Waals surface area contributed by atoms with E-state index in [1.165, 1.54) is 19.5 Å². The molecule has 0 unspecified atom stereocenters. The highest BCUT2D eigenvalue weighted by Gasteiger charge is 2.14. The van der Waals surface area contributed by atoms with Crippen LogP contribution in [0.4, 0.5) is 0 Å². The van der Waals surface area contributed by atoms with Crippen LogP contribution in [0.3, 0.4) is 0 Å². The van der Waals surface area contributed by atoms with Crippen LogP contribution in [-0.2, 0) is 20.7 Å². The number of esters is 1. The highest BCUT2D eigenvalue weighted by Crippen LogP contribution is 2.41. The first kappa shape index (κ1) is 17.8. The Morgan fingerprint density at radius 1 is 1.00 bits per heavy atom. The number of thiophene rings is 3. The third kappa shape index (κ3) is 4.78. The van der Waals surface area contributed by atoms with Crippen molar-refractivity contribution < 1.29 is 19.4 Å². The second-order valence-electron chi connectivity index (χ2n) is 5.28. The van der Waals surface area contributed by atoms with Crippen LogP contribution < -0.4 is 0 Å². The van der Waals surface area contributed by atoms with Crippen molar-refractivity contribution in [3.63, 3.8) is 0 Å². The maximum absolute atomic E-state index is 11.6. The fraction of sp³-hybridized carbons (Fsp3) is 0.222. The van der Waals surface area contributed by atoms with E-state index in [2.05, 4.69) is 29.0 Å². The first-order chi connectivity index (χ1) is 12.1. The molecule has 0 saturated heterocycles. The molecule has 0 radical (unpaired) electrons. The van der Waals surface area contributed by atoms with Gasteiger partial charge in [0.2, 0.25) is 0 Å². The van der Waals surface area contributed by atoms with Crippen molar-refractivity contribution in [2.45, 2.75) is 19.3 Å². The highest BCUT2D eigenvalue weighted by molar-refractivity contribution is 7.26. The Hall–Kier alpha value is -1.96. The van der Waals surface area contributed by atoms with Gasteiger partial charge in [0.05, 0.1) is 19.4 Å². The molecule has 1 N–H and O–H groups in total. The van der Waals surface area contributed by atoms with E-state index in [9.17, 15) is 9.59 Å². The summed E-state index contributed by atoms with van der Waals surface area (Å²) in [5, 5.41) is 12.7. The topological polar surface area (TPSA) is 63.6 Å². The van der Waals surface area contributed by atoms with Gasteiger partial charge in [0.1, 0.15) is 0 Å². The van der Waals surface area contributed by atoms with Crippen molar-refractivity contribution in [1.82, 2.24) is 0 Å². The second kappa shape index (κ2) is 8.42. The standard InChI is InChI=1S/C18H16O4S3/c19-16(20)5-6-17(21)22-8-7-12-11-15(13-3-1-9-23-13)25-18(12)14-4-2-10-24-14/h1-4,9-11H,5-8H2,(H,19,20). The van der Waals surface area contributed by atoms with E-state index in [1.807, 2.05) is 12.1 Å². The number of rotatable bonds is 8. The zero-order valence-electron chi connectivity index (χ0n) is 13.3. The summed E-state index contributed by atoms with van der Waals surface area (Å²) in [4.78, 5) is 26.9. The summed E-state index contributed by atoms with van der Waals surface area (Å²) >= 11 is 5.15. The molecule has 0 spiro atoms. The molecule has 0 fully saturated rings. The zero-order chi connectivity index (χ0) is 17.6. The van der Waals surface area contributed by atoms with Crippen molar-refractivity contribution in [1.29, 1.82) is 0 Å². The van der Waals surface area contributed by atoms with E-state index in [1.54, 1.807) is 34.0 Å². The number of hydrogen-bond donors (Lipinski definition) is 1. The minimum absolute atomic E-state index is 0.0861. The minimum atomic E-state index is -0.990. The number of carbonyl (C=O) groups excluding carboxylic acids is 1. The Kier molecular flexibility index (Phi) is 6.01. The Morgan fingerprint density at radius 3 is 2.36 bits per heavy atom. The van der Waals surface area contributed by atoms with Crippen LogP contribution in [0.15, 0.2) is 41.1 Å². The predicted molar refractivity (Wildman–Crippen MR) is 102 cm³/mol. The molecule has 0 aromatic carbocycles. The predicted octanol–water partition coefficient (Wildman–Crippen LogP) is 5.16. The van der Waals surface area contributed by atoms with Gasteiger partial charge in [-0.25, -0.2) is 0 Å². The summed E-state index contributed by atoms with van der Waals surface area (Å²) < 4.78 is 5.18. The number of ether oxygens (including phenoxy) is 1. The van der Waals surface area contributed by atoms with Crippen LogP contribution in [-0.4, -0.2) is 23.7 Å². The van der Waals surface area contributed by atoms with Gasteiger partial charge in [-0.3, -0.25) is 9.59 Å². The summed E-state index contributed by atoms with van der Waals surface area (Å²) in [6.07, 6.45) is 0.339. The van der Waals surface area contributed by atoms with Gasteiger partial charge in [0.25, 0.3) is 0 Å². The monoisotopic (exact) mass is 392 g/mol. The summed E-state index contributed by atoms with van der Waals surface area (Å²) in [6.45, 7) is 0.261. The van der Waals surface area contributed by atoms with E-state index in [4.69, 9.17) is 9.84 Å². The zero-order valence-corrected chi connectivity index (χ0v) is 15.7. The molecule has 4 nitrogen and oxygen atoms in total. The highest BCUT2D eigenvalue weighted by atomic mass is 32.1. The van der Waals surface area contributed by atoms with E-state index in [-0.39, 0.29) is 19.4 Å². The molecule has 0 saturated carbocycles. The normalized spacial score (nSPS) is 10.7. The molecule has 7 heteroatoms. The first-order valence-electron chi connectivity index (χ1n) is 7.71. The molecule has 0 aliphatic rings. The van der Waals surface area contributed by atoms with Gasteiger partial charge in [-0.1, -0.05) is 12.1 Å². The van der Waals surface area contributed by atoms with Gasteiger partial charge in [-0.15, -0.1) is 34.0 Å². The lowest BCUT2D eigenvalue weighted by Gasteiger charge is -2.04. The van der Waals surface area contributed by atoms with Crippen LogP contribution in [0.5, 0.6) is 0 Å². The average molecular weight is 393 g/mol. The van der Waals surface area contributed by atoms with Crippen LogP contribution in [0.25, 0.3) is 19.5 Å². The number of carbonyl (C=O) groups is 2. The second-order valence-corrected chi connectivity index (χ2v) is 8.23. The van der Waals surface area contributed by atoms with E-state index >= 15 is 0 Å². The third-order valence-electron chi connectivity index (χ3n) is 3.50. The third-order valence-corrected chi connectivity index (χ3v) is 6.79. The van der Waals surface area contributed by atoms with Gasteiger partial charge in [0.15, 0.2) is 0 Å². The summed E-state index contributed by atoms with van der Waals surface area (Å²) in [7, 11) is 0. The first-order valence-corrected chi connectivity index (χ1v) is 10.3. The molecule has 3 rings (SSSR count). The van der Waals surface area contributed by atoms with Crippen molar-refractivity contribution in [2.24, 2.45) is 0 Å². The van der Waals surface area contributed by atoms with Gasteiger partial charge in [0, 0.05) is 25.9 Å². The smallest absolute Gasteiger partial charge is 0.306 e. The molecule has 0 aliphatic heterocycles. The number of hydrogen-bond acceptors (Lipinski definition) is 6. The van der Waals surface area contributed by atoms with Gasteiger partial charge in [-0.2, -0.15) is 0 Å². The minimum Gasteiger partial charge on any atom is -0.481 e. The van der Waals surface area contributed by atoms with Crippen LogP contribution in [0.1, 0.15) is 18.4 Å². The summed E-state index contributed by atoms with van der Waals surface area (Å²) in [5.41, 5.74) is 1.15. The molecular formula is C18H16O4S3. The maximum Gasteiger partial charge on any atom is 0.306 e. The van der Waals surface area contributed by atoms with Crippen molar-refractivity contribution in [3.05, 3.63) is 46.7 Å². The van der Waals surface area contributed by atoms with E-state index in [0.29, 0.717) is 6.42 Å². The Morgan fingerprint density at radius 2 is 1.72 bits per heavy atom. The molecule has 3 aromatic heterocycles.